The van der Waals surface area contributed by atoms with Crippen molar-refractivity contribution >= 4 is 0 Å². The molecule has 1 aliphatic heterocycles. The van der Waals surface area contributed by atoms with Crippen LogP contribution in [0.15, 0.2) is 47.0 Å². The fourth-order valence-corrected chi connectivity index (χ4v) is 3.00. The number of fused-ring (bicyclic) bond motifs is 1. The first-order valence-corrected chi connectivity index (χ1v) is 8.85. The van der Waals surface area contributed by atoms with Gasteiger partial charge in [-0.05, 0) is 43.8 Å². The number of aromatic nitrogens is 2. The molecule has 4 rings (SSSR count). The van der Waals surface area contributed by atoms with Gasteiger partial charge in [0.05, 0.1) is 18.7 Å². The van der Waals surface area contributed by atoms with E-state index in [9.17, 15) is 0 Å². The first kappa shape index (κ1) is 17.4. The smallest absolute Gasteiger partial charge is 0.241 e. The molecule has 0 saturated carbocycles. The van der Waals surface area contributed by atoms with Gasteiger partial charge in [-0.25, -0.2) is 0 Å². The van der Waals surface area contributed by atoms with E-state index in [1.165, 1.54) is 0 Å². The van der Waals surface area contributed by atoms with Crippen LogP contribution in [-0.4, -0.2) is 35.5 Å². The Labute approximate surface area is 157 Å². The predicted molar refractivity (Wildman–Crippen MR) is 98.6 cm³/mol. The van der Waals surface area contributed by atoms with Gasteiger partial charge in [-0.15, -0.1) is 0 Å². The van der Waals surface area contributed by atoms with E-state index in [1.54, 1.807) is 0 Å². The molecule has 0 radical (unpaired) electrons. The third-order valence-electron chi connectivity index (χ3n) is 4.19. The van der Waals surface area contributed by atoms with Crippen molar-refractivity contribution in [3.63, 3.8) is 0 Å². The minimum Gasteiger partial charge on any atom is -0.493 e. The van der Waals surface area contributed by atoms with E-state index in [-0.39, 0.29) is 6.79 Å². The van der Waals surface area contributed by atoms with E-state index in [4.69, 9.17) is 18.7 Å². The Morgan fingerprint density at radius 2 is 1.93 bits per heavy atom. The average molecular weight is 367 g/mol. The van der Waals surface area contributed by atoms with E-state index < -0.39 is 0 Å². The summed E-state index contributed by atoms with van der Waals surface area (Å²) in [5.41, 5.74) is 1.95. The van der Waals surface area contributed by atoms with Gasteiger partial charge in [-0.3, -0.25) is 4.90 Å². The molecule has 0 unspecified atom stereocenters. The van der Waals surface area contributed by atoms with Gasteiger partial charge in [0, 0.05) is 6.54 Å². The molecule has 1 aliphatic rings. The molecule has 3 aromatic rings. The highest BCUT2D eigenvalue weighted by molar-refractivity contribution is 5.63. The fourth-order valence-electron chi connectivity index (χ4n) is 3.00. The maximum atomic E-state index is 5.64. The topological polar surface area (TPSA) is 69.9 Å². The molecule has 0 fully saturated rings. The first-order chi connectivity index (χ1) is 13.2. The van der Waals surface area contributed by atoms with Crippen LogP contribution in [0.3, 0.4) is 0 Å². The maximum Gasteiger partial charge on any atom is 0.241 e. The van der Waals surface area contributed by atoms with Crippen molar-refractivity contribution < 1.29 is 18.7 Å². The zero-order chi connectivity index (χ0) is 18.6. The maximum absolute atomic E-state index is 5.64. The average Bonchev–Trinajstić information content (AvgIpc) is 3.31. The molecule has 140 valence electrons. The quantitative estimate of drug-likeness (QED) is 0.633. The van der Waals surface area contributed by atoms with Crippen molar-refractivity contribution in [2.45, 2.75) is 20.0 Å². The molecule has 2 aromatic carbocycles. The van der Waals surface area contributed by atoms with E-state index in [1.807, 2.05) is 56.4 Å². The molecular formula is C20H21N3O4. The standard InChI is InChI=1S/C20H21N3O4/c1-3-24-16-7-5-4-6-15(16)20-21-19(27-22-20)12-23(2)11-14-8-9-17-18(10-14)26-13-25-17/h4-10H,3,11-13H2,1-2H3. The van der Waals surface area contributed by atoms with Crippen LogP contribution < -0.4 is 14.2 Å². The van der Waals surface area contributed by atoms with Gasteiger partial charge in [-0.2, -0.15) is 4.98 Å². The summed E-state index contributed by atoms with van der Waals surface area (Å²) in [6.45, 7) is 4.08. The van der Waals surface area contributed by atoms with Crippen LogP contribution in [0.25, 0.3) is 11.4 Å². The van der Waals surface area contributed by atoms with Crippen molar-refractivity contribution in [1.29, 1.82) is 0 Å². The molecule has 0 bridgehead atoms. The SMILES string of the molecule is CCOc1ccccc1-c1noc(CN(C)Cc2ccc3c(c2)OCO3)n1. The Balaban J connectivity index is 1.43. The summed E-state index contributed by atoms with van der Waals surface area (Å²) in [6.07, 6.45) is 0. The molecule has 0 spiro atoms. The van der Waals surface area contributed by atoms with E-state index in [2.05, 4.69) is 15.0 Å². The number of hydrogen-bond acceptors (Lipinski definition) is 7. The third kappa shape index (κ3) is 3.88. The summed E-state index contributed by atoms with van der Waals surface area (Å²) >= 11 is 0. The molecule has 0 N–H and O–H groups in total. The van der Waals surface area contributed by atoms with Crippen LogP contribution in [0.2, 0.25) is 0 Å². The highest BCUT2D eigenvalue weighted by Gasteiger charge is 2.16. The summed E-state index contributed by atoms with van der Waals surface area (Å²) in [5, 5.41) is 4.11. The number of benzene rings is 2. The second-order valence-corrected chi connectivity index (χ2v) is 6.30. The van der Waals surface area contributed by atoms with Crippen molar-refractivity contribution in [3.8, 4) is 28.6 Å². The number of nitrogens with zero attached hydrogens (tertiary/aromatic N) is 3. The van der Waals surface area contributed by atoms with Gasteiger partial charge in [0.1, 0.15) is 5.75 Å². The van der Waals surface area contributed by atoms with Crippen LogP contribution in [0, 0.1) is 0 Å². The summed E-state index contributed by atoms with van der Waals surface area (Å²) < 4.78 is 21.9. The van der Waals surface area contributed by atoms with Gasteiger partial charge in [0.25, 0.3) is 0 Å². The number of para-hydroxylation sites is 1. The Bertz CT molecular complexity index is 925. The van der Waals surface area contributed by atoms with Gasteiger partial charge >= 0.3 is 0 Å². The van der Waals surface area contributed by atoms with E-state index in [0.29, 0.717) is 24.9 Å². The largest absolute Gasteiger partial charge is 0.493 e. The normalized spacial score (nSPS) is 12.6. The number of ether oxygens (including phenoxy) is 3. The van der Waals surface area contributed by atoms with Gasteiger partial charge in [-0.1, -0.05) is 23.4 Å². The van der Waals surface area contributed by atoms with Crippen LogP contribution in [-0.2, 0) is 13.1 Å². The molecule has 0 atom stereocenters. The van der Waals surface area contributed by atoms with Gasteiger partial charge < -0.3 is 18.7 Å². The summed E-state index contributed by atoms with van der Waals surface area (Å²) in [7, 11) is 2.00. The summed E-state index contributed by atoms with van der Waals surface area (Å²) in [6, 6.07) is 13.6. The van der Waals surface area contributed by atoms with Crippen molar-refractivity contribution in [2.75, 3.05) is 20.4 Å². The van der Waals surface area contributed by atoms with Gasteiger partial charge in [0.2, 0.25) is 18.5 Å². The molecule has 0 amide bonds. The minimum atomic E-state index is 0.280. The second kappa shape index (κ2) is 7.67. The Kier molecular flexibility index (Phi) is 4.93. The molecule has 27 heavy (non-hydrogen) atoms. The molecule has 0 saturated heterocycles. The second-order valence-electron chi connectivity index (χ2n) is 6.30. The Hall–Kier alpha value is -3.06. The minimum absolute atomic E-state index is 0.280. The van der Waals surface area contributed by atoms with E-state index >= 15 is 0 Å². The number of hydrogen-bond donors (Lipinski definition) is 0. The van der Waals surface area contributed by atoms with Crippen LogP contribution in [0.4, 0.5) is 0 Å². The predicted octanol–water partition coefficient (Wildman–Crippen LogP) is 3.50. The highest BCUT2D eigenvalue weighted by atomic mass is 16.7. The van der Waals surface area contributed by atoms with Crippen molar-refractivity contribution in [1.82, 2.24) is 15.0 Å². The lowest BCUT2D eigenvalue weighted by Crippen LogP contribution is -2.17. The molecule has 0 aliphatic carbocycles. The van der Waals surface area contributed by atoms with E-state index in [0.717, 1.165) is 34.9 Å². The zero-order valence-electron chi connectivity index (χ0n) is 15.3. The zero-order valence-corrected chi connectivity index (χ0v) is 15.3. The lowest BCUT2D eigenvalue weighted by molar-refractivity contribution is 0.174. The van der Waals surface area contributed by atoms with Crippen molar-refractivity contribution in [3.05, 3.63) is 53.9 Å². The van der Waals surface area contributed by atoms with Crippen LogP contribution >= 0.6 is 0 Å². The highest BCUT2D eigenvalue weighted by Crippen LogP contribution is 2.33. The lowest BCUT2D eigenvalue weighted by Gasteiger charge is -2.14. The molecule has 7 heteroatoms. The first-order valence-electron chi connectivity index (χ1n) is 8.85. The third-order valence-corrected chi connectivity index (χ3v) is 4.19. The number of rotatable bonds is 7. The molecule has 2 heterocycles. The fraction of sp³-hybridized carbons (Fsp3) is 0.300. The van der Waals surface area contributed by atoms with Crippen LogP contribution in [0.1, 0.15) is 18.4 Å². The Morgan fingerprint density at radius 1 is 1.07 bits per heavy atom. The monoisotopic (exact) mass is 367 g/mol. The Morgan fingerprint density at radius 3 is 2.81 bits per heavy atom. The molecular weight excluding hydrogens is 346 g/mol. The lowest BCUT2D eigenvalue weighted by atomic mass is 10.2. The van der Waals surface area contributed by atoms with Crippen molar-refractivity contribution in [2.24, 2.45) is 0 Å². The summed E-state index contributed by atoms with van der Waals surface area (Å²) in [4.78, 5) is 6.62. The van der Waals surface area contributed by atoms with Crippen LogP contribution in [0.5, 0.6) is 17.2 Å². The molecule has 7 nitrogen and oxygen atoms in total. The summed E-state index contributed by atoms with van der Waals surface area (Å²) in [5.74, 6) is 3.41. The van der Waals surface area contributed by atoms with Gasteiger partial charge in [0.15, 0.2) is 11.5 Å². The molecule has 1 aromatic heterocycles.